The molecule has 0 bridgehead atoms. The van der Waals surface area contributed by atoms with Gasteiger partial charge in [-0.2, -0.15) is 4.39 Å². The summed E-state index contributed by atoms with van der Waals surface area (Å²) in [5.41, 5.74) is -0.330. The molecular formula is C14H12F2N2O4. The van der Waals surface area contributed by atoms with Crippen LogP contribution in [0.5, 0.6) is 0 Å². The van der Waals surface area contributed by atoms with Gasteiger partial charge in [-0.3, -0.25) is 20.2 Å². The number of nitro benzene ring substituents is 2. The van der Waals surface area contributed by atoms with E-state index in [0.717, 1.165) is 11.6 Å². The van der Waals surface area contributed by atoms with Gasteiger partial charge in [-0.05, 0) is 37.6 Å². The third-order valence-electron chi connectivity index (χ3n) is 2.64. The van der Waals surface area contributed by atoms with Crippen molar-refractivity contribution in [1.82, 2.24) is 0 Å². The molecule has 0 heterocycles. The smallest absolute Gasteiger partial charge is 0.258 e. The van der Waals surface area contributed by atoms with Crippen molar-refractivity contribution in [2.45, 2.75) is 13.8 Å². The molecule has 2 aromatic rings. The highest BCUT2D eigenvalue weighted by Gasteiger charge is 2.22. The summed E-state index contributed by atoms with van der Waals surface area (Å²) in [4.78, 5) is 18.8. The number of hydrogen-bond donors (Lipinski definition) is 0. The van der Waals surface area contributed by atoms with Gasteiger partial charge < -0.3 is 0 Å². The van der Waals surface area contributed by atoms with Crippen LogP contribution in [0.2, 0.25) is 0 Å². The molecule has 0 aliphatic rings. The van der Waals surface area contributed by atoms with E-state index >= 15 is 0 Å². The van der Waals surface area contributed by atoms with E-state index in [1.54, 1.807) is 6.07 Å². The first-order valence-electron chi connectivity index (χ1n) is 6.03. The lowest BCUT2D eigenvalue weighted by atomic mass is 10.2. The van der Waals surface area contributed by atoms with Crippen LogP contribution < -0.4 is 0 Å². The molecule has 0 atom stereocenters. The first-order chi connectivity index (χ1) is 10.2. The van der Waals surface area contributed by atoms with Crippen molar-refractivity contribution >= 4 is 11.4 Å². The summed E-state index contributed by atoms with van der Waals surface area (Å²) in [5, 5.41) is 20.6. The highest BCUT2D eigenvalue weighted by Crippen LogP contribution is 2.26. The Kier molecular flexibility index (Phi) is 5.62. The number of benzene rings is 2. The van der Waals surface area contributed by atoms with Gasteiger partial charge in [0.15, 0.2) is 0 Å². The molecule has 22 heavy (non-hydrogen) atoms. The quantitative estimate of drug-likeness (QED) is 0.617. The highest BCUT2D eigenvalue weighted by molar-refractivity contribution is 5.49. The van der Waals surface area contributed by atoms with Gasteiger partial charge in [-0.15, -0.1) is 0 Å². The zero-order valence-corrected chi connectivity index (χ0v) is 11.7. The summed E-state index contributed by atoms with van der Waals surface area (Å²) in [6.07, 6.45) is 0. The zero-order chi connectivity index (χ0) is 16.9. The van der Waals surface area contributed by atoms with Crippen molar-refractivity contribution in [1.29, 1.82) is 0 Å². The van der Waals surface area contributed by atoms with Gasteiger partial charge >= 0.3 is 5.69 Å². The number of aryl methyl sites for hydroxylation is 2. The zero-order valence-electron chi connectivity index (χ0n) is 11.7. The molecule has 0 spiro atoms. The maximum atomic E-state index is 12.9. The van der Waals surface area contributed by atoms with Gasteiger partial charge in [0, 0.05) is 5.56 Å². The van der Waals surface area contributed by atoms with Gasteiger partial charge in [-0.25, -0.2) is 4.39 Å². The van der Waals surface area contributed by atoms with Gasteiger partial charge in [-0.1, -0.05) is 12.1 Å². The van der Waals surface area contributed by atoms with Gasteiger partial charge in [0.05, 0.1) is 15.9 Å². The molecular weight excluding hydrogens is 298 g/mol. The normalized spacial score (nSPS) is 9.64. The number of rotatable bonds is 2. The second-order valence-electron chi connectivity index (χ2n) is 4.40. The first kappa shape index (κ1) is 17.2. The molecule has 0 aliphatic carbocycles. The third-order valence-corrected chi connectivity index (χ3v) is 2.64. The highest BCUT2D eigenvalue weighted by atomic mass is 19.1. The summed E-state index contributed by atoms with van der Waals surface area (Å²) < 4.78 is 25.0. The Balaban J connectivity index is 0.000000255. The molecule has 0 saturated carbocycles. The minimum absolute atomic E-state index is 0.0538. The lowest BCUT2D eigenvalue weighted by Crippen LogP contribution is -1.97. The molecule has 0 aromatic heterocycles. The molecule has 0 unspecified atom stereocenters. The number of nitro groups is 2. The fourth-order valence-electron chi connectivity index (χ4n) is 1.59. The Hall–Kier alpha value is -2.90. The molecule has 2 rings (SSSR count). The second-order valence-corrected chi connectivity index (χ2v) is 4.40. The SMILES string of the molecule is Cc1cc(F)c([N+](=O)[O-])cc1[N+](=O)[O-].Cc1cccc(F)c1. The van der Waals surface area contributed by atoms with Crippen LogP contribution in [0.3, 0.4) is 0 Å². The molecule has 0 aliphatic heterocycles. The largest absolute Gasteiger partial charge is 0.311 e. The summed E-state index contributed by atoms with van der Waals surface area (Å²) in [6, 6.07) is 7.89. The Morgan fingerprint density at radius 1 is 0.909 bits per heavy atom. The van der Waals surface area contributed by atoms with E-state index < -0.39 is 27.0 Å². The lowest BCUT2D eigenvalue weighted by Gasteiger charge is -1.97. The maximum Gasteiger partial charge on any atom is 0.311 e. The van der Waals surface area contributed by atoms with Crippen molar-refractivity contribution in [2.75, 3.05) is 0 Å². The summed E-state index contributed by atoms with van der Waals surface area (Å²) in [7, 11) is 0. The van der Waals surface area contributed by atoms with Crippen LogP contribution in [0.1, 0.15) is 11.1 Å². The van der Waals surface area contributed by atoms with Crippen molar-refractivity contribution in [3.8, 4) is 0 Å². The lowest BCUT2D eigenvalue weighted by molar-refractivity contribution is -0.396. The average molecular weight is 310 g/mol. The van der Waals surface area contributed by atoms with Gasteiger partial charge in [0.25, 0.3) is 5.69 Å². The van der Waals surface area contributed by atoms with E-state index in [1.807, 2.05) is 13.0 Å². The monoisotopic (exact) mass is 310 g/mol. The Morgan fingerprint density at radius 2 is 1.50 bits per heavy atom. The number of nitrogens with zero attached hydrogens (tertiary/aromatic N) is 2. The summed E-state index contributed by atoms with van der Waals surface area (Å²) >= 11 is 0. The average Bonchev–Trinajstić information content (AvgIpc) is 2.38. The molecule has 6 nitrogen and oxygen atoms in total. The van der Waals surface area contributed by atoms with Crippen LogP contribution in [0.25, 0.3) is 0 Å². The number of hydrogen-bond acceptors (Lipinski definition) is 4. The standard InChI is InChI=1S/C7H5FN2O4.C7H7F/c1-4-2-5(8)7(10(13)14)3-6(4)9(11)12;1-6-3-2-4-7(8)5-6/h2-3H,1H3;2-5H,1H3. The molecule has 0 N–H and O–H groups in total. The molecule has 0 radical (unpaired) electrons. The second kappa shape index (κ2) is 7.21. The fraction of sp³-hybridized carbons (Fsp3) is 0.143. The van der Waals surface area contributed by atoms with Crippen molar-refractivity contribution in [2.24, 2.45) is 0 Å². The predicted molar refractivity (Wildman–Crippen MR) is 75.6 cm³/mol. The van der Waals surface area contributed by atoms with E-state index in [2.05, 4.69) is 0 Å². The van der Waals surface area contributed by atoms with Crippen molar-refractivity contribution < 1.29 is 18.6 Å². The van der Waals surface area contributed by atoms with Gasteiger partial charge in [0.2, 0.25) is 5.82 Å². The van der Waals surface area contributed by atoms with E-state index in [1.165, 1.54) is 19.1 Å². The topological polar surface area (TPSA) is 86.3 Å². The van der Waals surface area contributed by atoms with E-state index in [9.17, 15) is 29.0 Å². The minimum atomic E-state index is -1.07. The molecule has 2 aromatic carbocycles. The number of halogens is 2. The summed E-state index contributed by atoms with van der Waals surface area (Å²) in [6.45, 7) is 3.17. The van der Waals surface area contributed by atoms with E-state index in [-0.39, 0.29) is 11.4 Å². The molecule has 8 heteroatoms. The molecule has 116 valence electrons. The van der Waals surface area contributed by atoms with Crippen molar-refractivity contribution in [3.63, 3.8) is 0 Å². The molecule has 0 saturated heterocycles. The Morgan fingerprint density at radius 3 is 1.91 bits per heavy atom. The van der Waals surface area contributed by atoms with Crippen LogP contribution in [-0.4, -0.2) is 9.85 Å². The van der Waals surface area contributed by atoms with Gasteiger partial charge in [0.1, 0.15) is 5.82 Å². The molecule has 0 fully saturated rings. The first-order valence-corrected chi connectivity index (χ1v) is 6.03. The predicted octanol–water partition coefficient (Wildman–Crippen LogP) is 4.08. The van der Waals surface area contributed by atoms with Crippen LogP contribution in [0, 0.1) is 45.7 Å². The van der Waals surface area contributed by atoms with Crippen molar-refractivity contribution in [3.05, 3.63) is 79.4 Å². The summed E-state index contributed by atoms with van der Waals surface area (Å²) in [5.74, 6) is -1.23. The molecule has 0 amide bonds. The van der Waals surface area contributed by atoms with Crippen LogP contribution in [0.15, 0.2) is 36.4 Å². The Labute approximate surface area is 124 Å². The fourth-order valence-corrected chi connectivity index (χ4v) is 1.59. The van der Waals surface area contributed by atoms with E-state index in [4.69, 9.17) is 0 Å². The Bertz CT molecular complexity index is 667. The van der Waals surface area contributed by atoms with Crippen LogP contribution >= 0.6 is 0 Å². The van der Waals surface area contributed by atoms with E-state index in [0.29, 0.717) is 6.07 Å². The van der Waals surface area contributed by atoms with Crippen LogP contribution in [-0.2, 0) is 0 Å². The maximum absolute atomic E-state index is 12.9. The van der Waals surface area contributed by atoms with Crippen LogP contribution in [0.4, 0.5) is 20.2 Å². The minimum Gasteiger partial charge on any atom is -0.258 e. The third kappa shape index (κ3) is 4.58.